The highest BCUT2D eigenvalue weighted by molar-refractivity contribution is 6.04. The Morgan fingerprint density at radius 1 is 1.06 bits per heavy atom. The molecule has 0 saturated carbocycles. The molecule has 0 aliphatic rings. The number of para-hydroxylation sites is 2. The third-order valence-electron chi connectivity index (χ3n) is 5.56. The number of amides is 1. The number of fused-ring (bicyclic) bond motifs is 1. The summed E-state index contributed by atoms with van der Waals surface area (Å²) in [5, 5.41) is 16.5. The molecule has 0 aliphatic heterocycles. The molecule has 5 aromatic rings. The van der Waals surface area contributed by atoms with E-state index in [0.717, 1.165) is 34.3 Å². The Balaban J connectivity index is 1.54. The largest absolute Gasteiger partial charge is 0.495 e. The van der Waals surface area contributed by atoms with Crippen molar-refractivity contribution in [2.24, 2.45) is 0 Å². The van der Waals surface area contributed by atoms with E-state index in [4.69, 9.17) is 9.26 Å². The zero-order chi connectivity index (χ0) is 23.5. The van der Waals surface area contributed by atoms with E-state index in [1.165, 1.54) is 0 Å². The number of rotatable bonds is 7. The molecule has 0 saturated heterocycles. The summed E-state index contributed by atoms with van der Waals surface area (Å²) in [7, 11) is 1.56. The standard InChI is InChI=1S/C26H23N5O3/c1-3-9-22-24(26(32)27-21-12-7-8-13-23(21)33-2)28-30-31(22)18-14-15-20-19(16-18)25(34-29-20)17-10-5-4-6-11-17/h4-8,10-16H,3,9H2,1-2H3,(H,27,32). The second kappa shape index (κ2) is 9.19. The molecule has 0 spiro atoms. The van der Waals surface area contributed by atoms with Gasteiger partial charge in [-0.05, 0) is 36.8 Å². The molecule has 8 nitrogen and oxygen atoms in total. The fraction of sp³-hybridized carbons (Fsp3) is 0.154. The van der Waals surface area contributed by atoms with Crippen LogP contribution in [0.5, 0.6) is 5.75 Å². The van der Waals surface area contributed by atoms with Crippen molar-refractivity contribution in [2.45, 2.75) is 19.8 Å². The average molecular weight is 454 g/mol. The zero-order valence-electron chi connectivity index (χ0n) is 18.9. The second-order valence-corrected chi connectivity index (χ2v) is 7.78. The lowest BCUT2D eigenvalue weighted by Gasteiger charge is -2.10. The predicted octanol–water partition coefficient (Wildman–Crippen LogP) is 5.29. The number of methoxy groups -OCH3 is 1. The summed E-state index contributed by atoms with van der Waals surface area (Å²) in [6, 6.07) is 22.8. The smallest absolute Gasteiger partial charge is 0.278 e. The summed E-state index contributed by atoms with van der Waals surface area (Å²) in [5.74, 6) is 0.922. The van der Waals surface area contributed by atoms with Gasteiger partial charge in [0, 0.05) is 5.56 Å². The molecule has 0 atom stereocenters. The predicted molar refractivity (Wildman–Crippen MR) is 129 cm³/mol. The van der Waals surface area contributed by atoms with Crippen molar-refractivity contribution in [1.82, 2.24) is 20.2 Å². The van der Waals surface area contributed by atoms with Crippen LogP contribution in [0.3, 0.4) is 0 Å². The highest BCUT2D eigenvalue weighted by Crippen LogP contribution is 2.31. The molecule has 0 radical (unpaired) electrons. The molecule has 5 rings (SSSR count). The maximum absolute atomic E-state index is 13.1. The summed E-state index contributed by atoms with van der Waals surface area (Å²) in [6.45, 7) is 2.05. The molecule has 1 N–H and O–H groups in total. The van der Waals surface area contributed by atoms with Crippen molar-refractivity contribution in [3.8, 4) is 22.8 Å². The van der Waals surface area contributed by atoms with Gasteiger partial charge in [-0.25, -0.2) is 4.68 Å². The van der Waals surface area contributed by atoms with E-state index in [9.17, 15) is 4.79 Å². The Bertz CT molecular complexity index is 1460. The van der Waals surface area contributed by atoms with Gasteiger partial charge < -0.3 is 14.6 Å². The number of anilines is 1. The van der Waals surface area contributed by atoms with Crippen molar-refractivity contribution in [3.05, 3.63) is 84.2 Å². The maximum atomic E-state index is 13.1. The number of ether oxygens (including phenoxy) is 1. The van der Waals surface area contributed by atoms with Crippen LogP contribution in [0.15, 0.2) is 77.3 Å². The molecule has 3 aromatic carbocycles. The fourth-order valence-corrected chi connectivity index (χ4v) is 3.93. The van der Waals surface area contributed by atoms with Crippen LogP contribution < -0.4 is 10.1 Å². The third-order valence-corrected chi connectivity index (χ3v) is 5.56. The molecule has 0 unspecified atom stereocenters. The van der Waals surface area contributed by atoms with Crippen LogP contribution in [0.4, 0.5) is 5.69 Å². The lowest BCUT2D eigenvalue weighted by atomic mass is 10.1. The van der Waals surface area contributed by atoms with Crippen molar-refractivity contribution < 1.29 is 14.1 Å². The van der Waals surface area contributed by atoms with E-state index in [2.05, 4.69) is 27.7 Å². The zero-order valence-corrected chi connectivity index (χ0v) is 18.9. The lowest BCUT2D eigenvalue weighted by molar-refractivity contribution is 0.102. The van der Waals surface area contributed by atoms with Gasteiger partial charge in [0.05, 0.1) is 29.6 Å². The molecule has 0 bridgehead atoms. The quantitative estimate of drug-likeness (QED) is 0.360. The minimum absolute atomic E-state index is 0.279. The van der Waals surface area contributed by atoms with Crippen molar-refractivity contribution in [2.75, 3.05) is 12.4 Å². The summed E-state index contributed by atoms with van der Waals surface area (Å²) in [5.41, 5.74) is 4.04. The Kier molecular flexibility index (Phi) is 5.78. The van der Waals surface area contributed by atoms with Crippen LogP contribution in [0.2, 0.25) is 0 Å². The van der Waals surface area contributed by atoms with Crippen LogP contribution in [0.1, 0.15) is 29.5 Å². The molecule has 0 fully saturated rings. The van der Waals surface area contributed by atoms with Crippen LogP contribution in [-0.4, -0.2) is 33.2 Å². The number of carbonyl (C=O) groups is 1. The number of nitrogens with one attached hydrogen (secondary N) is 1. The normalized spacial score (nSPS) is 11.0. The van der Waals surface area contributed by atoms with E-state index in [-0.39, 0.29) is 11.6 Å². The Morgan fingerprint density at radius 3 is 2.65 bits per heavy atom. The fourth-order valence-electron chi connectivity index (χ4n) is 3.93. The van der Waals surface area contributed by atoms with Gasteiger partial charge in [-0.15, -0.1) is 5.10 Å². The molecule has 2 aromatic heterocycles. The monoisotopic (exact) mass is 453 g/mol. The molecular formula is C26H23N5O3. The van der Waals surface area contributed by atoms with Crippen LogP contribution in [0.25, 0.3) is 27.9 Å². The highest BCUT2D eigenvalue weighted by Gasteiger charge is 2.22. The lowest BCUT2D eigenvalue weighted by Crippen LogP contribution is -2.16. The minimum Gasteiger partial charge on any atom is -0.495 e. The van der Waals surface area contributed by atoms with Gasteiger partial charge >= 0.3 is 0 Å². The van der Waals surface area contributed by atoms with Gasteiger partial charge in [0.2, 0.25) is 0 Å². The molecule has 8 heteroatoms. The number of benzene rings is 3. The van der Waals surface area contributed by atoms with E-state index in [0.29, 0.717) is 23.6 Å². The van der Waals surface area contributed by atoms with Gasteiger partial charge in [-0.1, -0.05) is 66.2 Å². The Morgan fingerprint density at radius 2 is 1.85 bits per heavy atom. The number of nitrogens with zero attached hydrogens (tertiary/aromatic N) is 4. The molecule has 170 valence electrons. The van der Waals surface area contributed by atoms with Gasteiger partial charge in [0.1, 0.15) is 11.3 Å². The second-order valence-electron chi connectivity index (χ2n) is 7.78. The summed E-state index contributed by atoms with van der Waals surface area (Å²) < 4.78 is 12.7. The van der Waals surface area contributed by atoms with Gasteiger partial charge in [-0.2, -0.15) is 0 Å². The van der Waals surface area contributed by atoms with E-state index in [1.807, 2.05) is 60.7 Å². The van der Waals surface area contributed by atoms with Crippen molar-refractivity contribution in [1.29, 1.82) is 0 Å². The molecule has 1 amide bonds. The molecular weight excluding hydrogens is 430 g/mol. The first-order valence-electron chi connectivity index (χ1n) is 11.0. The van der Waals surface area contributed by atoms with Crippen LogP contribution >= 0.6 is 0 Å². The van der Waals surface area contributed by atoms with Gasteiger partial charge in [-0.3, -0.25) is 4.79 Å². The first-order chi connectivity index (χ1) is 16.7. The van der Waals surface area contributed by atoms with E-state index in [1.54, 1.807) is 23.9 Å². The summed E-state index contributed by atoms with van der Waals surface area (Å²) in [4.78, 5) is 13.1. The number of hydrogen-bond donors (Lipinski definition) is 1. The minimum atomic E-state index is -0.338. The Hall–Kier alpha value is -4.46. The number of aromatic nitrogens is 4. The molecule has 2 heterocycles. The highest BCUT2D eigenvalue weighted by atomic mass is 16.5. The summed E-state index contributed by atoms with van der Waals surface area (Å²) in [6.07, 6.45) is 1.46. The van der Waals surface area contributed by atoms with Crippen molar-refractivity contribution >= 4 is 22.5 Å². The maximum Gasteiger partial charge on any atom is 0.278 e. The first kappa shape index (κ1) is 21.4. The topological polar surface area (TPSA) is 95.1 Å². The van der Waals surface area contributed by atoms with Crippen molar-refractivity contribution in [3.63, 3.8) is 0 Å². The van der Waals surface area contributed by atoms with Gasteiger partial charge in [0.25, 0.3) is 5.91 Å². The molecule has 0 aliphatic carbocycles. The SMILES string of the molecule is CCCc1c(C(=O)Nc2ccccc2OC)nnn1-c1ccc2noc(-c3ccccc3)c2c1. The van der Waals surface area contributed by atoms with E-state index < -0.39 is 0 Å². The summed E-state index contributed by atoms with van der Waals surface area (Å²) >= 11 is 0. The third kappa shape index (κ3) is 3.90. The average Bonchev–Trinajstić information content (AvgIpc) is 3.49. The molecule has 34 heavy (non-hydrogen) atoms. The number of hydrogen-bond acceptors (Lipinski definition) is 6. The van der Waals surface area contributed by atoms with Crippen LogP contribution in [-0.2, 0) is 6.42 Å². The van der Waals surface area contributed by atoms with Gasteiger partial charge in [0.15, 0.2) is 11.5 Å². The number of carbonyl (C=O) groups excluding carboxylic acids is 1. The first-order valence-corrected chi connectivity index (χ1v) is 11.0. The Labute approximate surface area is 196 Å². The van der Waals surface area contributed by atoms with Crippen LogP contribution in [0, 0.1) is 0 Å². The van der Waals surface area contributed by atoms with E-state index >= 15 is 0 Å².